The van der Waals surface area contributed by atoms with E-state index in [9.17, 15) is 9.18 Å². The van der Waals surface area contributed by atoms with Crippen molar-refractivity contribution in [2.75, 3.05) is 32.8 Å². The van der Waals surface area contributed by atoms with Gasteiger partial charge in [0, 0.05) is 26.2 Å². The number of nitrogens with zero attached hydrogens (tertiary/aromatic N) is 3. The fourth-order valence-corrected chi connectivity index (χ4v) is 4.26. The number of hydrogen-bond acceptors (Lipinski definition) is 4. The lowest BCUT2D eigenvalue weighted by Gasteiger charge is -2.46. The summed E-state index contributed by atoms with van der Waals surface area (Å²) in [6.07, 6.45) is 1.55. The van der Waals surface area contributed by atoms with Crippen molar-refractivity contribution in [3.8, 4) is 0 Å². The van der Waals surface area contributed by atoms with Gasteiger partial charge in [0.05, 0.1) is 25.3 Å². The maximum absolute atomic E-state index is 14.2. The molecule has 0 bridgehead atoms. The van der Waals surface area contributed by atoms with Gasteiger partial charge in [-0.2, -0.15) is 0 Å². The Morgan fingerprint density at radius 1 is 1.28 bits per heavy atom. The van der Waals surface area contributed by atoms with Gasteiger partial charge in [-0.15, -0.1) is 0 Å². The van der Waals surface area contributed by atoms with Gasteiger partial charge in [-0.05, 0) is 56.7 Å². The topological polar surface area (TPSA) is 46.4 Å². The molecule has 7 heteroatoms. The summed E-state index contributed by atoms with van der Waals surface area (Å²) in [6, 6.07) is 3.31. The molecule has 29 heavy (non-hydrogen) atoms. The second kappa shape index (κ2) is 7.58. The molecule has 2 aliphatic heterocycles. The molecule has 4 rings (SSSR count). The highest BCUT2D eigenvalue weighted by molar-refractivity contribution is 5.68. The van der Waals surface area contributed by atoms with E-state index in [2.05, 4.69) is 9.74 Å². The Morgan fingerprint density at radius 3 is 2.69 bits per heavy atom. The van der Waals surface area contributed by atoms with Crippen LogP contribution in [0.5, 0.6) is 0 Å². The Hall–Kier alpha value is -2.17. The molecule has 1 aromatic carbocycles. The monoisotopic (exact) mass is 401 g/mol. The zero-order valence-electron chi connectivity index (χ0n) is 17.3. The van der Waals surface area contributed by atoms with E-state index in [0.29, 0.717) is 26.2 Å². The number of rotatable bonds is 2. The number of morpholine rings is 1. The van der Waals surface area contributed by atoms with Gasteiger partial charge in [-0.25, -0.2) is 14.0 Å². The number of fused-ring (bicyclic) bond motifs is 1. The van der Waals surface area contributed by atoms with Gasteiger partial charge in [-0.1, -0.05) is 6.07 Å². The van der Waals surface area contributed by atoms with E-state index in [1.165, 1.54) is 6.07 Å². The third kappa shape index (κ3) is 4.24. The molecule has 2 heterocycles. The highest BCUT2D eigenvalue weighted by Gasteiger charge is 2.39. The predicted octanol–water partition coefficient (Wildman–Crippen LogP) is 4.25. The van der Waals surface area contributed by atoms with E-state index < -0.39 is 11.4 Å². The minimum absolute atomic E-state index is 0.123. The van der Waals surface area contributed by atoms with Crippen LogP contribution < -0.4 is 0 Å². The van der Waals surface area contributed by atoms with Crippen molar-refractivity contribution in [3.05, 3.63) is 40.5 Å². The van der Waals surface area contributed by atoms with Crippen LogP contribution in [0.2, 0.25) is 0 Å². The number of ether oxygens (including phenoxy) is 2. The molecule has 0 unspecified atom stereocenters. The summed E-state index contributed by atoms with van der Waals surface area (Å²) in [7, 11) is 0. The Balaban J connectivity index is 1.46. The average molecular weight is 401 g/mol. The first-order valence-corrected chi connectivity index (χ1v) is 10.3. The first-order valence-electron chi connectivity index (χ1n) is 10.3. The van der Waals surface area contributed by atoms with Crippen LogP contribution in [0.3, 0.4) is 0 Å². The van der Waals surface area contributed by atoms with E-state index in [-0.39, 0.29) is 29.8 Å². The molecule has 3 fully saturated rings. The molecule has 0 aromatic heterocycles. The van der Waals surface area contributed by atoms with Gasteiger partial charge in [0.1, 0.15) is 11.4 Å². The minimum atomic E-state index is -0.509. The predicted molar refractivity (Wildman–Crippen MR) is 106 cm³/mol. The van der Waals surface area contributed by atoms with Crippen molar-refractivity contribution in [1.29, 1.82) is 0 Å². The molecule has 0 N–H and O–H groups in total. The van der Waals surface area contributed by atoms with Crippen LogP contribution in [-0.2, 0) is 9.47 Å². The van der Waals surface area contributed by atoms with Gasteiger partial charge in [-0.3, -0.25) is 4.90 Å². The van der Waals surface area contributed by atoms with E-state index in [1.54, 1.807) is 11.0 Å². The van der Waals surface area contributed by atoms with Crippen LogP contribution in [0, 0.1) is 12.4 Å². The van der Waals surface area contributed by atoms with E-state index >= 15 is 0 Å². The average Bonchev–Trinajstić information content (AvgIpc) is 3.50. The molecular formula is C22H28FN3O3. The standard InChI is InChI=1S/C22H28FN3O3/c1-22(2,3)29-21(27)26-10-9-25-12-18(28-13-15(25)11-26)16-7-8-17(23)20(24-4)19(16)14-5-6-14/h7-8,14-15,18H,5-6,9-13H2,1-3H3/t15-,18-/m0/s1. The summed E-state index contributed by atoms with van der Waals surface area (Å²) in [5.41, 5.74) is 1.44. The van der Waals surface area contributed by atoms with Crippen molar-refractivity contribution in [2.24, 2.45) is 0 Å². The Kier molecular flexibility index (Phi) is 5.26. The molecule has 0 radical (unpaired) electrons. The largest absolute Gasteiger partial charge is 0.444 e. The molecule has 6 nitrogen and oxygen atoms in total. The zero-order chi connectivity index (χ0) is 20.8. The number of carbonyl (C=O) groups is 1. The quantitative estimate of drug-likeness (QED) is 0.695. The molecular weight excluding hydrogens is 373 g/mol. The first kappa shape index (κ1) is 20.1. The van der Waals surface area contributed by atoms with Crippen molar-refractivity contribution in [3.63, 3.8) is 0 Å². The number of piperazine rings is 1. The van der Waals surface area contributed by atoms with Crippen LogP contribution in [0.15, 0.2) is 12.1 Å². The number of hydrogen-bond donors (Lipinski definition) is 0. The third-order valence-corrected chi connectivity index (χ3v) is 5.79. The van der Waals surface area contributed by atoms with E-state index in [1.807, 2.05) is 20.8 Å². The lowest BCUT2D eigenvalue weighted by Crippen LogP contribution is -2.60. The number of carbonyl (C=O) groups excluding carboxylic acids is 1. The Bertz CT molecular complexity index is 841. The molecule has 1 saturated carbocycles. The first-order chi connectivity index (χ1) is 13.8. The van der Waals surface area contributed by atoms with Gasteiger partial charge < -0.3 is 14.4 Å². The smallest absolute Gasteiger partial charge is 0.410 e. The van der Waals surface area contributed by atoms with Crippen molar-refractivity contribution >= 4 is 11.8 Å². The van der Waals surface area contributed by atoms with Gasteiger partial charge in [0.15, 0.2) is 0 Å². The Morgan fingerprint density at radius 2 is 2.03 bits per heavy atom. The van der Waals surface area contributed by atoms with Crippen LogP contribution in [-0.4, -0.2) is 60.3 Å². The maximum Gasteiger partial charge on any atom is 0.410 e. The fraction of sp³-hybridized carbons (Fsp3) is 0.636. The molecule has 3 aliphatic rings. The molecule has 2 atom stereocenters. The van der Waals surface area contributed by atoms with Crippen molar-refractivity contribution in [1.82, 2.24) is 9.80 Å². The van der Waals surface area contributed by atoms with Crippen molar-refractivity contribution in [2.45, 2.75) is 57.3 Å². The minimum Gasteiger partial charge on any atom is -0.444 e. The van der Waals surface area contributed by atoms with E-state index in [4.69, 9.17) is 16.0 Å². The summed E-state index contributed by atoms with van der Waals surface area (Å²) < 4.78 is 25.8. The summed E-state index contributed by atoms with van der Waals surface area (Å²) in [5.74, 6) is -0.166. The molecule has 156 valence electrons. The second-order valence-corrected chi connectivity index (χ2v) is 9.18. The van der Waals surface area contributed by atoms with Crippen molar-refractivity contribution < 1.29 is 18.7 Å². The second-order valence-electron chi connectivity index (χ2n) is 9.18. The summed E-state index contributed by atoms with van der Waals surface area (Å²) in [5, 5.41) is 0. The summed E-state index contributed by atoms with van der Waals surface area (Å²) in [6.45, 7) is 16.1. The van der Waals surface area contributed by atoms with Crippen LogP contribution >= 0.6 is 0 Å². The molecule has 1 amide bonds. The van der Waals surface area contributed by atoms with Crippen LogP contribution in [0.4, 0.5) is 14.9 Å². The van der Waals surface area contributed by atoms with Gasteiger partial charge in [0.25, 0.3) is 0 Å². The number of amides is 1. The van der Waals surface area contributed by atoms with Gasteiger partial charge >= 0.3 is 6.09 Å². The van der Waals surface area contributed by atoms with Gasteiger partial charge in [0.2, 0.25) is 5.69 Å². The molecule has 1 aliphatic carbocycles. The van der Waals surface area contributed by atoms with Crippen LogP contribution in [0.25, 0.3) is 4.85 Å². The SMILES string of the molecule is [C-]#[N+]c1c(F)ccc([C@@H]2CN3CCN(C(=O)OC(C)(C)C)C[C@H]3CO2)c1C1CC1. The summed E-state index contributed by atoms with van der Waals surface area (Å²) in [4.78, 5) is 19.9. The van der Waals surface area contributed by atoms with Crippen LogP contribution in [0.1, 0.15) is 56.8 Å². The highest BCUT2D eigenvalue weighted by atomic mass is 19.1. The summed E-state index contributed by atoms with van der Waals surface area (Å²) >= 11 is 0. The highest BCUT2D eigenvalue weighted by Crippen LogP contribution is 2.49. The number of halogens is 1. The molecule has 2 saturated heterocycles. The molecule has 0 spiro atoms. The number of benzene rings is 1. The third-order valence-electron chi connectivity index (χ3n) is 5.79. The lowest BCUT2D eigenvalue weighted by atomic mass is 9.94. The maximum atomic E-state index is 14.2. The lowest BCUT2D eigenvalue weighted by molar-refractivity contribution is -0.0908. The zero-order valence-corrected chi connectivity index (χ0v) is 17.3. The van der Waals surface area contributed by atoms with E-state index in [0.717, 1.165) is 30.5 Å². The fourth-order valence-electron chi connectivity index (χ4n) is 4.26. The Labute approximate surface area is 171 Å². The molecule has 1 aromatic rings. The normalized spacial score (nSPS) is 25.3.